The third-order valence-corrected chi connectivity index (χ3v) is 4.80. The van der Waals surface area contributed by atoms with E-state index in [1.165, 1.54) is 19.3 Å². The lowest BCUT2D eigenvalue weighted by atomic mass is 9.98. The van der Waals surface area contributed by atoms with E-state index in [0.717, 1.165) is 11.9 Å². The van der Waals surface area contributed by atoms with Gasteiger partial charge in [0, 0.05) is 11.9 Å². The van der Waals surface area contributed by atoms with Crippen molar-refractivity contribution in [1.29, 1.82) is 0 Å². The largest absolute Gasteiger partial charge is 0.493 e. The summed E-state index contributed by atoms with van der Waals surface area (Å²) in [6, 6.07) is 7.42. The minimum absolute atomic E-state index is 0.0331. The van der Waals surface area contributed by atoms with E-state index in [1.54, 1.807) is 0 Å². The second-order valence-corrected chi connectivity index (χ2v) is 5.89. The molecular formula is C16H22BrNO2. The minimum Gasteiger partial charge on any atom is -0.493 e. The summed E-state index contributed by atoms with van der Waals surface area (Å²) < 4.78 is 5.50. The van der Waals surface area contributed by atoms with Crippen molar-refractivity contribution < 1.29 is 9.53 Å². The molecule has 2 unspecified atom stereocenters. The number of alkyl halides is 1. The van der Waals surface area contributed by atoms with Crippen molar-refractivity contribution in [3.8, 4) is 5.75 Å². The average molecular weight is 340 g/mol. The molecule has 0 spiro atoms. The van der Waals surface area contributed by atoms with E-state index >= 15 is 0 Å². The number of hydrogen-bond donors (Lipinski definition) is 1. The smallest absolute Gasteiger partial charge is 0.255 e. The molecular weight excluding hydrogens is 318 g/mol. The van der Waals surface area contributed by atoms with Crippen LogP contribution in [0.3, 0.4) is 0 Å². The molecule has 0 heterocycles. The molecule has 3 nitrogen and oxygen atoms in total. The van der Waals surface area contributed by atoms with Gasteiger partial charge in [-0.3, -0.25) is 4.79 Å². The lowest BCUT2D eigenvalue weighted by Gasteiger charge is -2.18. The maximum Gasteiger partial charge on any atom is 0.255 e. The highest BCUT2D eigenvalue weighted by Crippen LogP contribution is 2.32. The number of halogens is 1. The lowest BCUT2D eigenvalue weighted by molar-refractivity contribution is 0.0941. The zero-order valence-corrected chi connectivity index (χ0v) is 13.5. The van der Waals surface area contributed by atoms with Gasteiger partial charge in [-0.25, -0.2) is 0 Å². The Bertz CT molecular complexity index is 450. The number of amides is 1. The van der Waals surface area contributed by atoms with Gasteiger partial charge in [0.25, 0.3) is 5.91 Å². The molecule has 1 amide bonds. The first-order valence-electron chi connectivity index (χ1n) is 7.32. The van der Waals surface area contributed by atoms with Gasteiger partial charge in [-0.2, -0.15) is 0 Å². The maximum atomic E-state index is 12.3. The van der Waals surface area contributed by atoms with Crippen molar-refractivity contribution in [3.63, 3.8) is 0 Å². The molecule has 1 saturated carbocycles. The zero-order chi connectivity index (χ0) is 14.4. The van der Waals surface area contributed by atoms with Crippen LogP contribution in [0.25, 0.3) is 0 Å². The standard InChI is InChI=1S/C16H22BrNO2/c1-2-20-15-9-4-3-8-14(15)16(19)18-11-13-7-5-6-12(13)10-17/h3-4,8-9,12-13H,2,5-7,10-11H2,1H3,(H,18,19). The second kappa shape index (κ2) is 7.67. The van der Waals surface area contributed by atoms with Crippen molar-refractivity contribution in [1.82, 2.24) is 5.32 Å². The molecule has 2 rings (SSSR count). The number of nitrogens with one attached hydrogen (secondary N) is 1. The quantitative estimate of drug-likeness (QED) is 0.803. The van der Waals surface area contributed by atoms with Crippen LogP contribution in [0, 0.1) is 11.8 Å². The minimum atomic E-state index is -0.0331. The molecule has 0 aromatic heterocycles. The first kappa shape index (κ1) is 15.4. The Morgan fingerprint density at radius 2 is 2.10 bits per heavy atom. The van der Waals surface area contributed by atoms with E-state index in [0.29, 0.717) is 29.8 Å². The number of rotatable bonds is 6. The van der Waals surface area contributed by atoms with Crippen LogP contribution in [0.4, 0.5) is 0 Å². The monoisotopic (exact) mass is 339 g/mol. The highest BCUT2D eigenvalue weighted by atomic mass is 79.9. The molecule has 1 N–H and O–H groups in total. The summed E-state index contributed by atoms with van der Waals surface area (Å²) in [5, 5.41) is 4.10. The topological polar surface area (TPSA) is 38.3 Å². The van der Waals surface area contributed by atoms with Crippen molar-refractivity contribution in [3.05, 3.63) is 29.8 Å². The van der Waals surface area contributed by atoms with Gasteiger partial charge in [0.15, 0.2) is 0 Å². The van der Waals surface area contributed by atoms with Crippen molar-refractivity contribution in [2.24, 2.45) is 11.8 Å². The normalized spacial score (nSPS) is 21.7. The molecule has 4 heteroatoms. The Morgan fingerprint density at radius 1 is 1.35 bits per heavy atom. The predicted octanol–water partition coefficient (Wildman–Crippen LogP) is 3.63. The van der Waals surface area contributed by atoms with Gasteiger partial charge in [0.2, 0.25) is 0 Å². The van der Waals surface area contributed by atoms with E-state index in [2.05, 4.69) is 21.2 Å². The first-order valence-corrected chi connectivity index (χ1v) is 8.44. The summed E-state index contributed by atoms with van der Waals surface area (Å²) in [5.74, 6) is 1.92. The second-order valence-electron chi connectivity index (χ2n) is 5.24. The van der Waals surface area contributed by atoms with Crippen LogP contribution < -0.4 is 10.1 Å². The van der Waals surface area contributed by atoms with Gasteiger partial charge in [-0.05, 0) is 43.7 Å². The molecule has 20 heavy (non-hydrogen) atoms. The van der Waals surface area contributed by atoms with Gasteiger partial charge >= 0.3 is 0 Å². The number of carbonyl (C=O) groups is 1. The summed E-state index contributed by atoms with van der Waals surface area (Å²) in [6.07, 6.45) is 3.75. The van der Waals surface area contributed by atoms with Crippen LogP contribution in [0.2, 0.25) is 0 Å². The SMILES string of the molecule is CCOc1ccccc1C(=O)NCC1CCCC1CBr. The molecule has 1 aliphatic rings. The highest BCUT2D eigenvalue weighted by Gasteiger charge is 2.26. The summed E-state index contributed by atoms with van der Waals surface area (Å²) >= 11 is 3.57. The number of benzene rings is 1. The Kier molecular flexibility index (Phi) is 5.89. The van der Waals surface area contributed by atoms with Crippen LogP contribution >= 0.6 is 15.9 Å². The molecule has 1 aromatic carbocycles. The molecule has 1 aromatic rings. The Hall–Kier alpha value is -1.03. The number of ether oxygens (including phenoxy) is 1. The summed E-state index contributed by atoms with van der Waals surface area (Å²) in [6.45, 7) is 3.25. The molecule has 2 atom stereocenters. The van der Waals surface area contributed by atoms with Gasteiger partial charge in [0.1, 0.15) is 5.75 Å². The molecule has 1 fully saturated rings. The van der Waals surface area contributed by atoms with Crippen molar-refractivity contribution in [2.75, 3.05) is 18.5 Å². The van der Waals surface area contributed by atoms with Crippen LogP contribution in [-0.4, -0.2) is 24.4 Å². The summed E-state index contributed by atoms with van der Waals surface area (Å²) in [4.78, 5) is 12.3. The van der Waals surface area contributed by atoms with Gasteiger partial charge in [-0.1, -0.05) is 34.5 Å². The number of carbonyl (C=O) groups excluding carboxylic acids is 1. The number of para-hydroxylation sites is 1. The van der Waals surface area contributed by atoms with Crippen LogP contribution in [-0.2, 0) is 0 Å². The lowest BCUT2D eigenvalue weighted by Crippen LogP contribution is -2.31. The zero-order valence-electron chi connectivity index (χ0n) is 11.9. The fraction of sp³-hybridized carbons (Fsp3) is 0.562. The molecule has 0 aliphatic heterocycles. The maximum absolute atomic E-state index is 12.3. The molecule has 110 valence electrons. The van der Waals surface area contributed by atoms with Crippen LogP contribution in [0.5, 0.6) is 5.75 Å². The Morgan fingerprint density at radius 3 is 2.85 bits per heavy atom. The van der Waals surface area contributed by atoms with Crippen LogP contribution in [0.1, 0.15) is 36.5 Å². The third kappa shape index (κ3) is 3.75. The molecule has 1 aliphatic carbocycles. The average Bonchev–Trinajstić information content (AvgIpc) is 2.93. The van der Waals surface area contributed by atoms with Gasteiger partial charge in [-0.15, -0.1) is 0 Å². The predicted molar refractivity (Wildman–Crippen MR) is 84.6 cm³/mol. The van der Waals surface area contributed by atoms with Crippen molar-refractivity contribution >= 4 is 21.8 Å². The third-order valence-electron chi connectivity index (χ3n) is 3.97. The van der Waals surface area contributed by atoms with E-state index in [4.69, 9.17) is 4.74 Å². The van der Waals surface area contributed by atoms with E-state index in [-0.39, 0.29) is 5.91 Å². The van der Waals surface area contributed by atoms with Crippen molar-refractivity contribution in [2.45, 2.75) is 26.2 Å². The molecule has 0 saturated heterocycles. The van der Waals surface area contributed by atoms with E-state index in [1.807, 2.05) is 31.2 Å². The molecule has 0 bridgehead atoms. The van der Waals surface area contributed by atoms with Gasteiger partial charge < -0.3 is 10.1 Å². The highest BCUT2D eigenvalue weighted by molar-refractivity contribution is 9.09. The fourth-order valence-corrected chi connectivity index (χ4v) is 3.69. The fourth-order valence-electron chi connectivity index (χ4n) is 2.84. The van der Waals surface area contributed by atoms with Crippen LogP contribution in [0.15, 0.2) is 24.3 Å². The summed E-state index contributed by atoms with van der Waals surface area (Å²) in [7, 11) is 0. The Balaban J connectivity index is 1.95. The first-order chi connectivity index (χ1) is 9.76. The van der Waals surface area contributed by atoms with E-state index < -0.39 is 0 Å². The molecule has 0 radical (unpaired) electrons. The van der Waals surface area contributed by atoms with Gasteiger partial charge in [0.05, 0.1) is 12.2 Å². The summed E-state index contributed by atoms with van der Waals surface area (Å²) in [5.41, 5.74) is 0.628. The number of hydrogen-bond acceptors (Lipinski definition) is 2. The van der Waals surface area contributed by atoms with E-state index in [9.17, 15) is 4.79 Å². The Labute approximate surface area is 129 Å².